The molecule has 0 atom stereocenters. The standard InChI is InChI=1S/C17H22N4O2S/c1-2-23-17(22)15-5-3-6-18-16(15)21-8-4-7-20(9-10-21)11-14-12-24-13-19-14/h3,5-6,12-13H,2,4,7-11H2,1H3. The summed E-state index contributed by atoms with van der Waals surface area (Å²) in [6.45, 7) is 6.74. The molecule has 3 rings (SSSR count). The van der Waals surface area contributed by atoms with Crippen molar-refractivity contribution < 1.29 is 9.53 Å². The molecule has 1 aliphatic heterocycles. The van der Waals surface area contributed by atoms with Gasteiger partial charge in [-0.1, -0.05) is 0 Å². The molecule has 2 aromatic rings. The van der Waals surface area contributed by atoms with Crippen LogP contribution in [0.1, 0.15) is 29.4 Å². The SMILES string of the molecule is CCOC(=O)c1cccnc1N1CCCN(Cc2cscn2)CC1. The smallest absolute Gasteiger partial charge is 0.341 e. The van der Waals surface area contributed by atoms with E-state index in [-0.39, 0.29) is 5.97 Å². The van der Waals surface area contributed by atoms with Crippen molar-refractivity contribution in [3.63, 3.8) is 0 Å². The van der Waals surface area contributed by atoms with Crippen LogP contribution in [0.4, 0.5) is 5.82 Å². The molecule has 1 aliphatic rings. The van der Waals surface area contributed by atoms with Gasteiger partial charge in [-0.25, -0.2) is 14.8 Å². The van der Waals surface area contributed by atoms with Gasteiger partial charge in [-0.15, -0.1) is 11.3 Å². The lowest BCUT2D eigenvalue weighted by Gasteiger charge is -2.24. The summed E-state index contributed by atoms with van der Waals surface area (Å²) in [5.41, 5.74) is 3.55. The van der Waals surface area contributed by atoms with Crippen molar-refractivity contribution in [2.24, 2.45) is 0 Å². The average molecular weight is 346 g/mol. The van der Waals surface area contributed by atoms with Crippen molar-refractivity contribution in [1.29, 1.82) is 0 Å². The molecule has 0 amide bonds. The average Bonchev–Trinajstić information content (AvgIpc) is 3.00. The fourth-order valence-corrected chi connectivity index (χ4v) is 3.45. The first-order valence-corrected chi connectivity index (χ1v) is 9.18. The molecule has 0 aromatic carbocycles. The number of pyridine rings is 1. The molecule has 0 spiro atoms. The molecule has 0 saturated carbocycles. The number of thiazole rings is 1. The second-order valence-corrected chi connectivity index (χ2v) is 6.41. The van der Waals surface area contributed by atoms with Crippen molar-refractivity contribution in [3.05, 3.63) is 40.5 Å². The Morgan fingerprint density at radius 1 is 1.29 bits per heavy atom. The summed E-state index contributed by atoms with van der Waals surface area (Å²) >= 11 is 1.63. The Morgan fingerprint density at radius 2 is 2.21 bits per heavy atom. The summed E-state index contributed by atoms with van der Waals surface area (Å²) in [5.74, 6) is 0.427. The van der Waals surface area contributed by atoms with E-state index in [0.717, 1.165) is 50.7 Å². The summed E-state index contributed by atoms with van der Waals surface area (Å²) in [6.07, 6.45) is 2.76. The topological polar surface area (TPSA) is 58.6 Å². The quantitative estimate of drug-likeness (QED) is 0.775. The first kappa shape index (κ1) is 16.9. The Kier molecular flexibility index (Phi) is 5.77. The molecule has 0 radical (unpaired) electrons. The highest BCUT2D eigenvalue weighted by Crippen LogP contribution is 2.20. The number of carbonyl (C=O) groups excluding carboxylic acids is 1. The predicted molar refractivity (Wildman–Crippen MR) is 94.4 cm³/mol. The van der Waals surface area contributed by atoms with Crippen LogP contribution in [0.3, 0.4) is 0 Å². The third kappa shape index (κ3) is 4.10. The van der Waals surface area contributed by atoms with E-state index in [9.17, 15) is 4.79 Å². The Morgan fingerprint density at radius 3 is 3.00 bits per heavy atom. The number of hydrogen-bond acceptors (Lipinski definition) is 7. The Balaban J connectivity index is 1.69. The van der Waals surface area contributed by atoms with Gasteiger partial charge >= 0.3 is 5.97 Å². The third-order valence-corrected chi connectivity index (χ3v) is 4.67. The van der Waals surface area contributed by atoms with Crippen LogP contribution >= 0.6 is 11.3 Å². The number of rotatable bonds is 5. The highest BCUT2D eigenvalue weighted by molar-refractivity contribution is 7.07. The minimum atomic E-state index is -0.302. The molecule has 6 nitrogen and oxygen atoms in total. The number of anilines is 1. The van der Waals surface area contributed by atoms with Crippen LogP contribution in [0.2, 0.25) is 0 Å². The van der Waals surface area contributed by atoms with Crippen LogP contribution in [0.15, 0.2) is 29.2 Å². The van der Waals surface area contributed by atoms with Crippen LogP contribution < -0.4 is 4.90 Å². The summed E-state index contributed by atoms with van der Waals surface area (Å²) < 4.78 is 5.16. The zero-order chi connectivity index (χ0) is 16.8. The van der Waals surface area contributed by atoms with E-state index in [0.29, 0.717) is 12.2 Å². The fourth-order valence-electron chi connectivity index (χ4n) is 2.90. The van der Waals surface area contributed by atoms with Crippen molar-refractivity contribution >= 4 is 23.1 Å². The maximum absolute atomic E-state index is 12.2. The first-order valence-electron chi connectivity index (χ1n) is 8.24. The largest absolute Gasteiger partial charge is 0.462 e. The maximum Gasteiger partial charge on any atom is 0.341 e. The third-order valence-electron chi connectivity index (χ3n) is 4.04. The lowest BCUT2D eigenvalue weighted by molar-refractivity contribution is 0.0526. The lowest BCUT2D eigenvalue weighted by Crippen LogP contribution is -2.32. The van der Waals surface area contributed by atoms with Gasteiger partial charge in [0, 0.05) is 44.3 Å². The van der Waals surface area contributed by atoms with Gasteiger partial charge in [-0.3, -0.25) is 4.90 Å². The van der Waals surface area contributed by atoms with Crippen LogP contribution in [-0.4, -0.2) is 53.6 Å². The zero-order valence-electron chi connectivity index (χ0n) is 13.9. The highest BCUT2D eigenvalue weighted by Gasteiger charge is 2.21. The summed E-state index contributed by atoms with van der Waals surface area (Å²) in [4.78, 5) is 25.6. The van der Waals surface area contributed by atoms with E-state index < -0.39 is 0 Å². The van der Waals surface area contributed by atoms with Crippen molar-refractivity contribution in [2.75, 3.05) is 37.7 Å². The monoisotopic (exact) mass is 346 g/mol. The molecule has 0 N–H and O–H groups in total. The lowest BCUT2D eigenvalue weighted by atomic mass is 10.2. The van der Waals surface area contributed by atoms with Crippen molar-refractivity contribution in [1.82, 2.24) is 14.9 Å². The zero-order valence-corrected chi connectivity index (χ0v) is 14.7. The van der Waals surface area contributed by atoms with Gasteiger partial charge in [0.1, 0.15) is 11.4 Å². The Bertz CT molecular complexity index is 662. The molecule has 3 heterocycles. The fraction of sp³-hybridized carbons (Fsp3) is 0.471. The van der Waals surface area contributed by atoms with Gasteiger partial charge in [0.2, 0.25) is 0 Å². The van der Waals surface area contributed by atoms with Crippen LogP contribution in [0, 0.1) is 0 Å². The van der Waals surface area contributed by atoms with E-state index in [4.69, 9.17) is 4.74 Å². The summed E-state index contributed by atoms with van der Waals surface area (Å²) in [7, 11) is 0. The van der Waals surface area contributed by atoms with Crippen LogP contribution in [0.5, 0.6) is 0 Å². The minimum absolute atomic E-state index is 0.302. The van der Waals surface area contributed by atoms with Crippen LogP contribution in [-0.2, 0) is 11.3 Å². The number of aromatic nitrogens is 2. The minimum Gasteiger partial charge on any atom is -0.462 e. The normalized spacial score (nSPS) is 16.0. The van der Waals surface area contributed by atoms with Gasteiger partial charge in [0.05, 0.1) is 17.8 Å². The van der Waals surface area contributed by atoms with Crippen molar-refractivity contribution in [3.8, 4) is 0 Å². The molecular weight excluding hydrogens is 324 g/mol. The number of carbonyl (C=O) groups is 1. The van der Waals surface area contributed by atoms with Gasteiger partial charge in [0.15, 0.2) is 0 Å². The Labute approximate surface area is 146 Å². The van der Waals surface area contributed by atoms with E-state index in [2.05, 4.69) is 25.1 Å². The molecule has 2 aromatic heterocycles. The number of hydrogen-bond donors (Lipinski definition) is 0. The molecule has 7 heteroatoms. The molecule has 0 unspecified atom stereocenters. The van der Waals surface area contributed by atoms with Gasteiger partial charge in [0.25, 0.3) is 0 Å². The number of nitrogens with zero attached hydrogens (tertiary/aromatic N) is 4. The highest BCUT2D eigenvalue weighted by atomic mass is 32.1. The number of ether oxygens (including phenoxy) is 1. The molecule has 1 fully saturated rings. The molecular formula is C17H22N4O2S. The summed E-state index contributed by atoms with van der Waals surface area (Å²) in [5, 5.41) is 2.10. The van der Waals surface area contributed by atoms with E-state index in [1.165, 1.54) is 0 Å². The van der Waals surface area contributed by atoms with Gasteiger partial charge < -0.3 is 9.64 Å². The van der Waals surface area contributed by atoms with E-state index >= 15 is 0 Å². The molecule has 0 bridgehead atoms. The first-order chi connectivity index (χ1) is 11.8. The van der Waals surface area contributed by atoms with Gasteiger partial charge in [-0.2, -0.15) is 0 Å². The molecule has 128 valence electrons. The summed E-state index contributed by atoms with van der Waals surface area (Å²) in [6, 6.07) is 3.57. The molecule has 0 aliphatic carbocycles. The predicted octanol–water partition coefficient (Wildman–Crippen LogP) is 2.43. The second kappa shape index (κ2) is 8.21. The second-order valence-electron chi connectivity index (χ2n) is 5.69. The van der Waals surface area contributed by atoms with Crippen molar-refractivity contribution in [2.45, 2.75) is 19.9 Å². The molecule has 1 saturated heterocycles. The van der Waals surface area contributed by atoms with Gasteiger partial charge in [-0.05, 0) is 25.5 Å². The Hall–Kier alpha value is -1.99. The van der Waals surface area contributed by atoms with E-state index in [1.54, 1.807) is 29.7 Å². The number of esters is 1. The van der Waals surface area contributed by atoms with E-state index in [1.807, 2.05) is 12.4 Å². The molecule has 24 heavy (non-hydrogen) atoms. The maximum atomic E-state index is 12.2. The van der Waals surface area contributed by atoms with Crippen LogP contribution in [0.25, 0.3) is 0 Å².